The minimum Gasteiger partial charge on any atom is -0.387 e. The van der Waals surface area contributed by atoms with Crippen molar-refractivity contribution in [2.75, 3.05) is 13.1 Å². The fourth-order valence-corrected chi connectivity index (χ4v) is 2.67. The van der Waals surface area contributed by atoms with Crippen molar-refractivity contribution in [3.8, 4) is 0 Å². The number of nitrogens with zero attached hydrogens (tertiary/aromatic N) is 1. The van der Waals surface area contributed by atoms with Gasteiger partial charge >= 0.3 is 0 Å². The molecule has 2 nitrogen and oxygen atoms in total. The molecule has 1 unspecified atom stereocenters. The molecule has 1 aliphatic rings. The Bertz CT molecular complexity index is 369. The van der Waals surface area contributed by atoms with E-state index in [2.05, 4.69) is 43.0 Å². The summed E-state index contributed by atoms with van der Waals surface area (Å²) in [6.45, 7) is 6.30. The van der Waals surface area contributed by atoms with Gasteiger partial charge < -0.3 is 5.11 Å². The summed E-state index contributed by atoms with van der Waals surface area (Å²) in [5.41, 5.74) is 2.42. The van der Waals surface area contributed by atoms with E-state index in [4.69, 9.17) is 0 Å². The van der Waals surface area contributed by atoms with Gasteiger partial charge in [-0.1, -0.05) is 44.5 Å². The van der Waals surface area contributed by atoms with E-state index in [-0.39, 0.29) is 6.10 Å². The van der Waals surface area contributed by atoms with Crippen molar-refractivity contribution < 1.29 is 5.11 Å². The Hall–Kier alpha value is -0.860. The maximum atomic E-state index is 10.4. The summed E-state index contributed by atoms with van der Waals surface area (Å²) in [4.78, 5) is 2.45. The number of benzene rings is 1. The van der Waals surface area contributed by atoms with Gasteiger partial charge in [0.1, 0.15) is 0 Å². The van der Waals surface area contributed by atoms with Crippen molar-refractivity contribution in [3.05, 3.63) is 35.4 Å². The number of rotatable bonds is 8. The molecule has 0 saturated heterocycles. The summed E-state index contributed by atoms with van der Waals surface area (Å²) in [6.07, 6.45) is 5.74. The molecule has 1 saturated carbocycles. The van der Waals surface area contributed by atoms with E-state index < -0.39 is 0 Å². The number of aliphatic hydroxyl groups excluding tert-OH is 1. The van der Waals surface area contributed by atoms with Crippen LogP contribution < -0.4 is 0 Å². The van der Waals surface area contributed by atoms with Crippen LogP contribution in [0.2, 0.25) is 0 Å². The van der Waals surface area contributed by atoms with Crippen molar-refractivity contribution in [2.24, 2.45) is 0 Å². The second-order valence-corrected chi connectivity index (χ2v) is 5.73. The highest BCUT2D eigenvalue weighted by Gasteiger charge is 2.29. The molecule has 0 radical (unpaired) electrons. The van der Waals surface area contributed by atoms with Gasteiger partial charge in [-0.3, -0.25) is 4.90 Å². The number of aliphatic hydroxyl groups is 1. The molecule has 0 aliphatic heterocycles. The summed E-state index contributed by atoms with van der Waals surface area (Å²) < 4.78 is 0. The lowest BCUT2D eigenvalue weighted by atomic mass is 10.0. The van der Waals surface area contributed by atoms with Crippen LogP contribution in [-0.2, 0) is 6.42 Å². The average molecular weight is 261 g/mol. The van der Waals surface area contributed by atoms with E-state index in [1.165, 1.54) is 31.2 Å². The topological polar surface area (TPSA) is 23.5 Å². The molecular weight excluding hydrogens is 234 g/mol. The molecule has 0 heterocycles. The molecule has 1 atom stereocenters. The maximum Gasteiger partial charge on any atom is 0.0917 e. The summed E-state index contributed by atoms with van der Waals surface area (Å²) in [7, 11) is 0. The lowest BCUT2D eigenvalue weighted by Gasteiger charge is -2.24. The number of hydrogen-bond donors (Lipinski definition) is 1. The monoisotopic (exact) mass is 261 g/mol. The molecule has 19 heavy (non-hydrogen) atoms. The molecule has 0 amide bonds. The van der Waals surface area contributed by atoms with Crippen molar-refractivity contribution in [1.82, 2.24) is 4.90 Å². The molecule has 1 aromatic rings. The SMILES string of the molecule is CCCc1ccc(C(O)CN(CCC)C2CC2)cc1. The number of aryl methyl sites for hydroxylation is 1. The number of hydrogen-bond acceptors (Lipinski definition) is 2. The molecule has 2 heteroatoms. The van der Waals surface area contributed by atoms with Crippen LogP contribution in [0, 0.1) is 0 Å². The molecule has 0 bridgehead atoms. The van der Waals surface area contributed by atoms with Crippen molar-refractivity contribution in [2.45, 2.75) is 58.1 Å². The smallest absolute Gasteiger partial charge is 0.0917 e. The van der Waals surface area contributed by atoms with Crippen LogP contribution in [0.25, 0.3) is 0 Å². The highest BCUT2D eigenvalue weighted by molar-refractivity contribution is 5.24. The second-order valence-electron chi connectivity index (χ2n) is 5.73. The first-order valence-corrected chi connectivity index (χ1v) is 7.75. The molecule has 1 aliphatic carbocycles. The predicted molar refractivity (Wildman–Crippen MR) is 80.3 cm³/mol. The van der Waals surface area contributed by atoms with Crippen LogP contribution >= 0.6 is 0 Å². The minimum atomic E-state index is -0.345. The first kappa shape index (κ1) is 14.5. The summed E-state index contributed by atoms with van der Waals surface area (Å²) in [6, 6.07) is 9.22. The zero-order chi connectivity index (χ0) is 13.7. The van der Waals surface area contributed by atoms with E-state index >= 15 is 0 Å². The van der Waals surface area contributed by atoms with Gasteiger partial charge in [0.25, 0.3) is 0 Å². The van der Waals surface area contributed by atoms with Crippen LogP contribution in [0.15, 0.2) is 24.3 Å². The third-order valence-electron chi connectivity index (χ3n) is 3.88. The molecule has 1 aromatic carbocycles. The van der Waals surface area contributed by atoms with Gasteiger partial charge in [-0.15, -0.1) is 0 Å². The van der Waals surface area contributed by atoms with Gasteiger partial charge in [-0.05, 0) is 43.4 Å². The van der Waals surface area contributed by atoms with Gasteiger partial charge in [-0.2, -0.15) is 0 Å². The second kappa shape index (κ2) is 7.06. The highest BCUT2D eigenvalue weighted by Crippen LogP contribution is 2.29. The molecule has 1 fully saturated rings. The van der Waals surface area contributed by atoms with Crippen LogP contribution in [0.5, 0.6) is 0 Å². The Morgan fingerprint density at radius 3 is 2.37 bits per heavy atom. The Balaban J connectivity index is 1.92. The summed E-state index contributed by atoms with van der Waals surface area (Å²) in [5, 5.41) is 10.4. The van der Waals surface area contributed by atoms with Crippen LogP contribution in [0.4, 0.5) is 0 Å². The van der Waals surface area contributed by atoms with Crippen LogP contribution in [0.3, 0.4) is 0 Å². The molecule has 1 N–H and O–H groups in total. The Labute approximate surface area is 117 Å². The van der Waals surface area contributed by atoms with Crippen molar-refractivity contribution in [3.63, 3.8) is 0 Å². The molecular formula is C17H27NO. The van der Waals surface area contributed by atoms with Crippen LogP contribution in [-0.4, -0.2) is 29.1 Å². The predicted octanol–water partition coefficient (Wildman–Crippen LogP) is 3.55. The standard InChI is InChI=1S/C17H27NO/c1-3-5-14-6-8-15(9-7-14)17(19)13-18(12-4-2)16-10-11-16/h6-9,16-17,19H,3-5,10-13H2,1-2H3. The summed E-state index contributed by atoms with van der Waals surface area (Å²) in [5.74, 6) is 0. The van der Waals surface area contributed by atoms with E-state index in [1.54, 1.807) is 0 Å². The third kappa shape index (κ3) is 4.32. The largest absolute Gasteiger partial charge is 0.387 e. The van der Waals surface area contributed by atoms with Gasteiger partial charge in [0.2, 0.25) is 0 Å². The molecule has 106 valence electrons. The zero-order valence-corrected chi connectivity index (χ0v) is 12.3. The van der Waals surface area contributed by atoms with Gasteiger partial charge in [-0.25, -0.2) is 0 Å². The molecule has 0 spiro atoms. The van der Waals surface area contributed by atoms with Crippen molar-refractivity contribution >= 4 is 0 Å². The van der Waals surface area contributed by atoms with E-state index in [9.17, 15) is 5.11 Å². The fraction of sp³-hybridized carbons (Fsp3) is 0.647. The lowest BCUT2D eigenvalue weighted by molar-refractivity contribution is 0.108. The summed E-state index contributed by atoms with van der Waals surface area (Å²) >= 11 is 0. The normalized spacial score (nSPS) is 16.8. The van der Waals surface area contributed by atoms with Crippen molar-refractivity contribution in [1.29, 1.82) is 0 Å². The van der Waals surface area contributed by atoms with E-state index in [1.807, 2.05) is 0 Å². The van der Waals surface area contributed by atoms with E-state index in [0.29, 0.717) is 0 Å². The van der Waals surface area contributed by atoms with Gasteiger partial charge in [0.05, 0.1) is 6.10 Å². The Morgan fingerprint density at radius 2 is 1.84 bits per heavy atom. The fourth-order valence-electron chi connectivity index (χ4n) is 2.67. The highest BCUT2D eigenvalue weighted by atomic mass is 16.3. The average Bonchev–Trinajstić information content (AvgIpc) is 3.24. The maximum absolute atomic E-state index is 10.4. The minimum absolute atomic E-state index is 0.345. The lowest BCUT2D eigenvalue weighted by Crippen LogP contribution is -2.31. The molecule has 0 aromatic heterocycles. The van der Waals surface area contributed by atoms with E-state index in [0.717, 1.165) is 31.1 Å². The van der Waals surface area contributed by atoms with Gasteiger partial charge in [0.15, 0.2) is 0 Å². The van der Waals surface area contributed by atoms with Gasteiger partial charge in [0, 0.05) is 12.6 Å². The zero-order valence-electron chi connectivity index (χ0n) is 12.3. The quantitative estimate of drug-likeness (QED) is 0.773. The first-order chi connectivity index (χ1) is 9.24. The molecule has 2 rings (SSSR count). The Morgan fingerprint density at radius 1 is 1.16 bits per heavy atom. The third-order valence-corrected chi connectivity index (χ3v) is 3.88. The first-order valence-electron chi connectivity index (χ1n) is 7.75. The van der Waals surface area contributed by atoms with Crippen LogP contribution in [0.1, 0.15) is 56.8 Å². The Kier molecular flexibility index (Phi) is 5.41.